The highest BCUT2D eigenvalue weighted by Crippen LogP contribution is 2.45. The van der Waals surface area contributed by atoms with E-state index in [0.717, 1.165) is 27.0 Å². The Balaban J connectivity index is 1.18. The summed E-state index contributed by atoms with van der Waals surface area (Å²) in [6, 6.07) is 65.6. The van der Waals surface area contributed by atoms with Crippen LogP contribution in [0.25, 0.3) is 65.3 Å². The van der Waals surface area contributed by atoms with Crippen LogP contribution in [0.1, 0.15) is 0 Å². The van der Waals surface area contributed by atoms with Gasteiger partial charge in [-0.3, -0.25) is 0 Å². The number of hydrogen-bond donors (Lipinski definition) is 0. The van der Waals surface area contributed by atoms with Crippen molar-refractivity contribution in [2.24, 2.45) is 0 Å². The van der Waals surface area contributed by atoms with E-state index >= 15 is 0 Å². The summed E-state index contributed by atoms with van der Waals surface area (Å²) < 4.78 is 14.9. The Morgan fingerprint density at radius 2 is 0.708 bits per heavy atom. The lowest BCUT2D eigenvalue weighted by Gasteiger charge is -2.20. The summed E-state index contributed by atoms with van der Waals surface area (Å²) in [4.78, 5) is 0. The first kappa shape index (κ1) is 28.5. The molecule has 2 heteroatoms. The SMILES string of the molecule is O=P(c1ccccc1)(c1ccccc1)c1ccc(-c2ccc(-c3c4ccccc4cc4c5ccccc5c5ccccc5c34)cc2)cc1. The molecule has 0 radical (unpaired) electrons. The number of hydrogen-bond acceptors (Lipinski definition) is 1. The second kappa shape index (κ2) is 11.5. The van der Waals surface area contributed by atoms with E-state index in [4.69, 9.17) is 0 Å². The Labute approximate surface area is 280 Å². The third-order valence-corrected chi connectivity index (χ3v) is 12.8. The van der Waals surface area contributed by atoms with Crippen molar-refractivity contribution in [1.82, 2.24) is 0 Å². The molecule has 9 aromatic carbocycles. The molecule has 0 atom stereocenters. The average molecular weight is 631 g/mol. The molecule has 0 aliphatic rings. The van der Waals surface area contributed by atoms with Gasteiger partial charge in [-0.1, -0.05) is 182 Å². The maximum atomic E-state index is 14.9. The molecule has 0 amide bonds. The van der Waals surface area contributed by atoms with Gasteiger partial charge in [-0.25, -0.2) is 0 Å². The predicted octanol–water partition coefficient (Wildman–Crippen LogP) is 11.3. The standard InChI is InChI=1S/C46H31OP/c47-48(36-14-3-1-4-15-36,37-16-5-2-6-17-37)38-29-27-33(28-30-38)32-23-25-34(26-24-32)45-39-18-8-7-13-35(39)31-44-42-21-10-9-19-40(42)41-20-11-12-22-43(41)46(44)45/h1-31H. The van der Waals surface area contributed by atoms with E-state index in [9.17, 15) is 4.57 Å². The summed E-state index contributed by atoms with van der Waals surface area (Å²) in [5, 5.41) is 12.7. The third-order valence-electron chi connectivity index (χ3n) is 9.73. The van der Waals surface area contributed by atoms with Gasteiger partial charge in [0.25, 0.3) is 0 Å². The smallest absolute Gasteiger partial charge is 0.171 e. The molecule has 48 heavy (non-hydrogen) atoms. The number of fused-ring (bicyclic) bond motifs is 7. The van der Waals surface area contributed by atoms with Gasteiger partial charge in [-0.05, 0) is 71.4 Å². The summed E-state index contributed by atoms with van der Waals surface area (Å²) >= 11 is 0. The lowest BCUT2D eigenvalue weighted by Crippen LogP contribution is -2.24. The van der Waals surface area contributed by atoms with Gasteiger partial charge in [0.1, 0.15) is 0 Å². The molecule has 0 aliphatic carbocycles. The molecule has 0 heterocycles. The molecule has 0 saturated heterocycles. The first-order valence-corrected chi connectivity index (χ1v) is 18.1. The number of benzene rings is 9. The molecule has 9 rings (SSSR count). The first-order chi connectivity index (χ1) is 23.7. The summed E-state index contributed by atoms with van der Waals surface area (Å²) in [5.74, 6) is 0. The van der Waals surface area contributed by atoms with E-state index in [1.807, 2.05) is 72.8 Å². The monoisotopic (exact) mass is 630 g/mol. The maximum Gasteiger partial charge on any atom is 0.171 e. The van der Waals surface area contributed by atoms with Crippen LogP contribution in [0.4, 0.5) is 0 Å². The van der Waals surface area contributed by atoms with Crippen molar-refractivity contribution in [3.63, 3.8) is 0 Å². The fourth-order valence-corrected chi connectivity index (χ4v) is 10.1. The Kier molecular flexibility index (Phi) is 6.82. The molecular weight excluding hydrogens is 599 g/mol. The van der Waals surface area contributed by atoms with Crippen LogP contribution in [-0.4, -0.2) is 0 Å². The van der Waals surface area contributed by atoms with Crippen molar-refractivity contribution in [1.29, 1.82) is 0 Å². The van der Waals surface area contributed by atoms with E-state index in [1.54, 1.807) is 0 Å². The lowest BCUT2D eigenvalue weighted by molar-refractivity contribution is 0.592. The molecule has 9 aromatic rings. The molecule has 0 saturated carbocycles. The summed E-state index contributed by atoms with van der Waals surface area (Å²) in [5.41, 5.74) is 4.67. The zero-order valence-electron chi connectivity index (χ0n) is 26.3. The normalized spacial score (nSPS) is 11.8. The highest BCUT2D eigenvalue weighted by Gasteiger charge is 2.29. The molecule has 0 aliphatic heterocycles. The molecule has 0 spiro atoms. The Bertz CT molecular complexity index is 2620. The zero-order valence-corrected chi connectivity index (χ0v) is 27.1. The quantitative estimate of drug-likeness (QED) is 0.105. The molecule has 0 N–H and O–H groups in total. The Morgan fingerprint density at radius 1 is 0.312 bits per heavy atom. The van der Waals surface area contributed by atoms with Gasteiger partial charge in [-0.15, -0.1) is 0 Å². The van der Waals surface area contributed by atoms with E-state index in [0.29, 0.717) is 0 Å². The van der Waals surface area contributed by atoms with Gasteiger partial charge in [0.2, 0.25) is 0 Å². The predicted molar refractivity (Wildman–Crippen MR) is 207 cm³/mol. The van der Waals surface area contributed by atoms with E-state index in [-0.39, 0.29) is 0 Å². The second-order valence-electron chi connectivity index (χ2n) is 12.4. The van der Waals surface area contributed by atoms with Gasteiger partial charge in [0.15, 0.2) is 7.14 Å². The number of rotatable bonds is 5. The average Bonchev–Trinajstić information content (AvgIpc) is 3.18. The van der Waals surface area contributed by atoms with E-state index in [1.165, 1.54) is 54.2 Å². The summed E-state index contributed by atoms with van der Waals surface area (Å²) in [6.45, 7) is 0. The van der Waals surface area contributed by atoms with Gasteiger partial charge in [0.05, 0.1) is 0 Å². The highest BCUT2D eigenvalue weighted by atomic mass is 31.2. The zero-order chi connectivity index (χ0) is 32.1. The fraction of sp³-hybridized carbons (Fsp3) is 0. The topological polar surface area (TPSA) is 17.1 Å². The second-order valence-corrected chi connectivity index (χ2v) is 15.2. The van der Waals surface area contributed by atoms with Crippen LogP contribution in [0.5, 0.6) is 0 Å². The molecule has 0 fully saturated rings. The minimum Gasteiger partial charge on any atom is -0.309 e. The summed E-state index contributed by atoms with van der Waals surface area (Å²) in [7, 11) is -3.02. The molecule has 0 bridgehead atoms. The minimum absolute atomic E-state index is 0.835. The first-order valence-electron chi connectivity index (χ1n) is 16.4. The summed E-state index contributed by atoms with van der Waals surface area (Å²) in [6.07, 6.45) is 0. The van der Waals surface area contributed by atoms with Crippen LogP contribution >= 0.6 is 7.14 Å². The van der Waals surface area contributed by atoms with Crippen LogP contribution in [0.15, 0.2) is 188 Å². The van der Waals surface area contributed by atoms with Crippen LogP contribution in [0, 0.1) is 0 Å². The molecular formula is C46H31OP. The van der Waals surface area contributed by atoms with Crippen molar-refractivity contribution in [2.75, 3.05) is 0 Å². The lowest BCUT2D eigenvalue weighted by atomic mass is 9.86. The fourth-order valence-electron chi connectivity index (χ4n) is 7.44. The minimum atomic E-state index is -3.02. The van der Waals surface area contributed by atoms with Gasteiger partial charge in [-0.2, -0.15) is 0 Å². The largest absolute Gasteiger partial charge is 0.309 e. The van der Waals surface area contributed by atoms with Crippen molar-refractivity contribution < 1.29 is 4.57 Å². The highest BCUT2D eigenvalue weighted by molar-refractivity contribution is 7.85. The van der Waals surface area contributed by atoms with Crippen LogP contribution < -0.4 is 15.9 Å². The molecule has 1 nitrogen and oxygen atoms in total. The molecule has 0 unspecified atom stereocenters. The third kappa shape index (κ3) is 4.51. The van der Waals surface area contributed by atoms with Crippen molar-refractivity contribution in [2.45, 2.75) is 0 Å². The van der Waals surface area contributed by atoms with E-state index in [2.05, 4.69) is 115 Å². The van der Waals surface area contributed by atoms with Crippen LogP contribution in [0.2, 0.25) is 0 Å². The Morgan fingerprint density at radius 3 is 1.29 bits per heavy atom. The maximum absolute atomic E-state index is 14.9. The van der Waals surface area contributed by atoms with Crippen molar-refractivity contribution in [3.8, 4) is 22.3 Å². The van der Waals surface area contributed by atoms with Crippen LogP contribution in [-0.2, 0) is 4.57 Å². The molecule has 0 aromatic heterocycles. The van der Waals surface area contributed by atoms with Crippen molar-refractivity contribution in [3.05, 3.63) is 188 Å². The van der Waals surface area contributed by atoms with Crippen LogP contribution in [0.3, 0.4) is 0 Å². The Hall–Kier alpha value is -5.75. The van der Waals surface area contributed by atoms with E-state index < -0.39 is 7.14 Å². The van der Waals surface area contributed by atoms with Crippen molar-refractivity contribution >= 4 is 66.1 Å². The van der Waals surface area contributed by atoms with Gasteiger partial charge < -0.3 is 4.57 Å². The van der Waals surface area contributed by atoms with Gasteiger partial charge in [0, 0.05) is 15.9 Å². The van der Waals surface area contributed by atoms with Gasteiger partial charge >= 0.3 is 0 Å². The molecule has 226 valence electrons.